The number of rotatable bonds is 7. The summed E-state index contributed by atoms with van der Waals surface area (Å²) in [5, 5.41) is 5.63. The Labute approximate surface area is 140 Å². The molecule has 23 heavy (non-hydrogen) atoms. The van der Waals surface area contributed by atoms with Gasteiger partial charge in [0.15, 0.2) is 5.13 Å². The van der Waals surface area contributed by atoms with Crippen LogP contribution in [0.4, 0.5) is 9.93 Å². The van der Waals surface area contributed by atoms with E-state index in [1.54, 1.807) is 11.2 Å². The van der Waals surface area contributed by atoms with Crippen molar-refractivity contribution in [1.29, 1.82) is 0 Å². The lowest BCUT2D eigenvalue weighted by Crippen LogP contribution is -2.38. The summed E-state index contributed by atoms with van der Waals surface area (Å²) in [4.78, 5) is 20.9. The topological polar surface area (TPSA) is 61.6 Å². The smallest absolute Gasteiger partial charge is 0.324 e. The van der Waals surface area contributed by atoms with Gasteiger partial charge in [0.2, 0.25) is 0 Å². The van der Waals surface area contributed by atoms with Crippen molar-refractivity contribution in [1.82, 2.24) is 14.8 Å². The third-order valence-electron chi connectivity index (χ3n) is 3.76. The van der Waals surface area contributed by atoms with E-state index in [0.717, 1.165) is 18.0 Å². The molecule has 1 saturated carbocycles. The predicted molar refractivity (Wildman–Crippen MR) is 90.8 cm³/mol. The Morgan fingerprint density at radius 3 is 2.91 bits per heavy atom. The molecule has 1 fully saturated rings. The SMILES string of the molecule is CN(C)CCN(Cc1ccco1)C(=O)Nc1nc(C2CC2)cs1. The van der Waals surface area contributed by atoms with Crippen molar-refractivity contribution >= 4 is 22.5 Å². The Morgan fingerprint density at radius 2 is 2.26 bits per heavy atom. The number of hydrogen-bond acceptors (Lipinski definition) is 5. The van der Waals surface area contributed by atoms with Crippen molar-refractivity contribution in [3.05, 3.63) is 35.2 Å². The molecule has 0 aliphatic heterocycles. The second-order valence-electron chi connectivity index (χ2n) is 6.09. The van der Waals surface area contributed by atoms with Crippen molar-refractivity contribution in [3.63, 3.8) is 0 Å². The highest BCUT2D eigenvalue weighted by Crippen LogP contribution is 2.40. The van der Waals surface area contributed by atoms with E-state index in [0.29, 0.717) is 24.1 Å². The molecule has 0 unspecified atom stereocenters. The van der Waals surface area contributed by atoms with E-state index in [-0.39, 0.29) is 6.03 Å². The predicted octanol–water partition coefficient (Wildman–Crippen LogP) is 3.21. The van der Waals surface area contributed by atoms with Gasteiger partial charge < -0.3 is 14.2 Å². The van der Waals surface area contributed by atoms with Gasteiger partial charge in [-0.15, -0.1) is 11.3 Å². The van der Waals surface area contributed by atoms with Gasteiger partial charge in [-0.3, -0.25) is 5.32 Å². The summed E-state index contributed by atoms with van der Waals surface area (Å²) in [6.07, 6.45) is 4.05. The average Bonchev–Trinajstić information content (AvgIpc) is 3.04. The van der Waals surface area contributed by atoms with Crippen LogP contribution < -0.4 is 5.32 Å². The van der Waals surface area contributed by atoms with Crippen LogP contribution in [0.1, 0.15) is 30.2 Å². The highest BCUT2D eigenvalue weighted by Gasteiger charge is 2.26. The number of carbonyl (C=O) groups is 1. The van der Waals surface area contributed by atoms with E-state index in [1.807, 2.05) is 31.6 Å². The van der Waals surface area contributed by atoms with Gasteiger partial charge in [-0.2, -0.15) is 0 Å². The van der Waals surface area contributed by atoms with E-state index in [9.17, 15) is 4.79 Å². The Kier molecular flexibility index (Phi) is 4.97. The van der Waals surface area contributed by atoms with Gasteiger partial charge in [0.1, 0.15) is 5.76 Å². The van der Waals surface area contributed by atoms with E-state index in [2.05, 4.69) is 15.2 Å². The van der Waals surface area contributed by atoms with E-state index >= 15 is 0 Å². The maximum Gasteiger partial charge on any atom is 0.324 e. The van der Waals surface area contributed by atoms with Crippen LogP contribution in [0.3, 0.4) is 0 Å². The Morgan fingerprint density at radius 1 is 1.43 bits per heavy atom. The van der Waals surface area contributed by atoms with Crippen LogP contribution in [-0.4, -0.2) is 48.0 Å². The number of hydrogen-bond donors (Lipinski definition) is 1. The van der Waals surface area contributed by atoms with Crippen LogP contribution in [0.2, 0.25) is 0 Å². The third-order valence-corrected chi connectivity index (χ3v) is 4.54. The zero-order chi connectivity index (χ0) is 16.2. The second-order valence-corrected chi connectivity index (χ2v) is 6.94. The summed E-state index contributed by atoms with van der Waals surface area (Å²) in [5.41, 5.74) is 1.11. The number of thiazole rings is 1. The number of urea groups is 1. The molecule has 2 amide bonds. The molecule has 0 saturated heterocycles. The largest absolute Gasteiger partial charge is 0.467 e. The maximum absolute atomic E-state index is 12.6. The second kappa shape index (κ2) is 7.14. The van der Waals surface area contributed by atoms with Crippen molar-refractivity contribution in [2.24, 2.45) is 0 Å². The molecule has 3 rings (SSSR count). The quantitative estimate of drug-likeness (QED) is 0.844. The summed E-state index contributed by atoms with van der Waals surface area (Å²) in [7, 11) is 3.98. The molecule has 1 aliphatic carbocycles. The summed E-state index contributed by atoms with van der Waals surface area (Å²) < 4.78 is 5.37. The highest BCUT2D eigenvalue weighted by molar-refractivity contribution is 7.13. The lowest BCUT2D eigenvalue weighted by atomic mass is 10.3. The van der Waals surface area contributed by atoms with E-state index in [1.165, 1.54) is 24.2 Å². The van der Waals surface area contributed by atoms with Gasteiger partial charge in [-0.25, -0.2) is 9.78 Å². The zero-order valence-electron chi connectivity index (χ0n) is 13.5. The Bertz CT molecular complexity index is 634. The van der Waals surface area contributed by atoms with Crippen molar-refractivity contribution in [2.75, 3.05) is 32.5 Å². The van der Waals surface area contributed by atoms with E-state index < -0.39 is 0 Å². The van der Waals surface area contributed by atoms with Crippen molar-refractivity contribution in [3.8, 4) is 0 Å². The molecule has 1 N–H and O–H groups in total. The van der Waals surface area contributed by atoms with Gasteiger partial charge in [-0.1, -0.05) is 0 Å². The molecule has 2 heterocycles. The molecule has 0 bridgehead atoms. The van der Waals surface area contributed by atoms with Gasteiger partial charge in [-0.05, 0) is 39.1 Å². The number of likely N-dealkylation sites (N-methyl/N-ethyl adjacent to an activating group) is 1. The first-order valence-electron chi connectivity index (χ1n) is 7.80. The standard InChI is InChI=1S/C16H22N4O2S/c1-19(2)7-8-20(10-13-4-3-9-22-13)16(21)18-15-17-14(11-23-15)12-5-6-12/h3-4,9,11-12H,5-8,10H2,1-2H3,(H,17,18,21). The minimum Gasteiger partial charge on any atom is -0.467 e. The molecule has 0 radical (unpaired) electrons. The average molecular weight is 334 g/mol. The van der Waals surface area contributed by atoms with Crippen LogP contribution in [0.5, 0.6) is 0 Å². The summed E-state index contributed by atoms with van der Waals surface area (Å²) in [6, 6.07) is 3.57. The maximum atomic E-state index is 12.6. The minimum absolute atomic E-state index is 0.139. The Hall–Kier alpha value is -1.86. The van der Waals surface area contributed by atoms with E-state index in [4.69, 9.17) is 4.42 Å². The molecule has 124 valence electrons. The van der Waals surface area contributed by atoms with Crippen LogP contribution in [0, 0.1) is 0 Å². The van der Waals surface area contributed by atoms with Crippen LogP contribution in [0.25, 0.3) is 0 Å². The van der Waals surface area contributed by atoms with Gasteiger partial charge in [0.25, 0.3) is 0 Å². The molecule has 2 aromatic rings. The molecule has 0 atom stereocenters. The lowest BCUT2D eigenvalue weighted by Gasteiger charge is -2.23. The van der Waals surface area contributed by atoms with Crippen LogP contribution in [0.15, 0.2) is 28.2 Å². The van der Waals surface area contributed by atoms with Crippen LogP contribution in [-0.2, 0) is 6.54 Å². The number of amides is 2. The number of anilines is 1. The number of carbonyl (C=O) groups excluding carboxylic acids is 1. The third kappa shape index (κ3) is 4.56. The van der Waals surface area contributed by atoms with Gasteiger partial charge in [0, 0.05) is 24.4 Å². The van der Waals surface area contributed by atoms with Gasteiger partial charge in [0.05, 0.1) is 18.5 Å². The monoisotopic (exact) mass is 334 g/mol. The van der Waals surface area contributed by atoms with Crippen LogP contribution >= 0.6 is 11.3 Å². The first-order chi connectivity index (χ1) is 11.1. The zero-order valence-corrected chi connectivity index (χ0v) is 14.3. The molecule has 7 heteroatoms. The number of furan rings is 1. The molecule has 1 aliphatic rings. The lowest BCUT2D eigenvalue weighted by molar-refractivity contribution is 0.197. The number of nitrogens with zero attached hydrogens (tertiary/aromatic N) is 3. The number of aromatic nitrogens is 1. The highest BCUT2D eigenvalue weighted by atomic mass is 32.1. The van der Waals surface area contributed by atoms with Crippen molar-refractivity contribution in [2.45, 2.75) is 25.3 Å². The Balaban J connectivity index is 1.62. The molecule has 6 nitrogen and oxygen atoms in total. The minimum atomic E-state index is -0.139. The molecular formula is C16H22N4O2S. The molecule has 2 aromatic heterocycles. The normalized spacial score (nSPS) is 14.2. The summed E-state index contributed by atoms with van der Waals surface area (Å²) in [5.74, 6) is 1.38. The molecule has 0 aromatic carbocycles. The molecular weight excluding hydrogens is 312 g/mol. The van der Waals surface area contributed by atoms with Crippen molar-refractivity contribution < 1.29 is 9.21 Å². The van der Waals surface area contributed by atoms with Gasteiger partial charge >= 0.3 is 6.03 Å². The first kappa shape index (κ1) is 16.0. The summed E-state index contributed by atoms with van der Waals surface area (Å²) >= 11 is 1.49. The first-order valence-corrected chi connectivity index (χ1v) is 8.68. The summed E-state index contributed by atoms with van der Waals surface area (Å²) in [6.45, 7) is 1.87. The fourth-order valence-electron chi connectivity index (χ4n) is 2.24. The fourth-order valence-corrected chi connectivity index (χ4v) is 3.03. The molecule has 0 spiro atoms. The number of nitrogens with one attached hydrogen (secondary N) is 1. The fraction of sp³-hybridized carbons (Fsp3) is 0.500.